The molecule has 0 unspecified atom stereocenters. The summed E-state index contributed by atoms with van der Waals surface area (Å²) in [5.74, 6) is 0. The van der Waals surface area contributed by atoms with Crippen LogP contribution in [0.4, 0.5) is 0 Å². The second-order valence-electron chi connectivity index (χ2n) is 3.43. The smallest absolute Gasteiger partial charge is 0.123 e. The summed E-state index contributed by atoms with van der Waals surface area (Å²) in [4.78, 5) is 0. The van der Waals surface area contributed by atoms with Crippen molar-refractivity contribution in [3.05, 3.63) is 36.0 Å². The lowest BCUT2D eigenvalue weighted by Crippen LogP contribution is -3.00. The molecule has 2 rings (SSSR count). The highest BCUT2D eigenvalue weighted by Crippen LogP contribution is 2.21. The van der Waals surface area contributed by atoms with E-state index in [1.165, 1.54) is 16.5 Å². The molecule has 0 radical (unpaired) electrons. The Balaban J connectivity index is 0.000000980. The molecule has 1 aromatic carbocycles. The van der Waals surface area contributed by atoms with Crippen LogP contribution in [0, 0.1) is 6.92 Å². The van der Waals surface area contributed by atoms with Crippen LogP contribution in [0.25, 0.3) is 10.9 Å². The van der Waals surface area contributed by atoms with E-state index in [1.54, 1.807) is 0 Å². The first kappa shape index (κ1) is 11.5. The van der Waals surface area contributed by atoms with Crippen LogP contribution in [0.5, 0.6) is 0 Å². The first-order chi connectivity index (χ1) is 6.20. The number of halogens is 1. The van der Waals surface area contributed by atoms with E-state index in [-0.39, 0.29) is 23.5 Å². The summed E-state index contributed by atoms with van der Waals surface area (Å²) in [7, 11) is 0. The molecule has 0 saturated heterocycles. The summed E-state index contributed by atoms with van der Waals surface area (Å²) >= 11 is 0.284. The zero-order valence-corrected chi connectivity index (χ0v) is 10.2. The molecular formula is C11H14ClNS. The average Bonchev–Trinajstić information content (AvgIpc) is 2.45. The highest BCUT2D eigenvalue weighted by Gasteiger charge is 2.12. The maximum absolute atomic E-state index is 2.35. The minimum atomic E-state index is 0. The van der Waals surface area contributed by atoms with Crippen molar-refractivity contribution in [2.75, 3.05) is 12.5 Å². The van der Waals surface area contributed by atoms with Gasteiger partial charge >= 0.3 is 0 Å². The second-order valence-corrected chi connectivity index (χ2v) is 5.37. The largest absolute Gasteiger partial charge is 1.00 e. The summed E-state index contributed by atoms with van der Waals surface area (Å²) in [5, 5.41) is 1.38. The van der Waals surface area contributed by atoms with E-state index in [1.807, 2.05) is 0 Å². The number of benzene rings is 1. The first-order valence-corrected chi connectivity index (χ1v) is 6.35. The normalized spacial score (nSPS) is 10.6. The Morgan fingerprint density at radius 1 is 1.14 bits per heavy atom. The maximum Gasteiger partial charge on any atom is 0.123 e. The fraction of sp³-hybridized carbons (Fsp3) is 0.273. The Morgan fingerprint density at radius 3 is 2.43 bits per heavy atom. The quantitative estimate of drug-likeness (QED) is 0.585. The van der Waals surface area contributed by atoms with Crippen molar-refractivity contribution >= 4 is 22.0 Å². The van der Waals surface area contributed by atoms with Crippen LogP contribution in [0.15, 0.2) is 30.5 Å². The van der Waals surface area contributed by atoms with Gasteiger partial charge in [-0.05, 0) is 18.6 Å². The van der Waals surface area contributed by atoms with Crippen molar-refractivity contribution in [1.29, 1.82) is 0 Å². The third-order valence-electron chi connectivity index (χ3n) is 2.27. The van der Waals surface area contributed by atoms with Crippen LogP contribution in [0.1, 0.15) is 5.56 Å². The lowest BCUT2D eigenvalue weighted by molar-refractivity contribution is -0.00000281. The highest BCUT2D eigenvalue weighted by molar-refractivity contribution is 7.94. The number of nitrogens with zero attached hydrogens (tertiary/aromatic N) is 1. The number of fused-ring (bicyclic) bond motifs is 1. The van der Waals surface area contributed by atoms with Gasteiger partial charge in [0.1, 0.15) is 12.5 Å². The summed E-state index contributed by atoms with van der Waals surface area (Å²) in [6.45, 7) is 2.17. The third-order valence-corrected chi connectivity index (χ3v) is 3.36. The van der Waals surface area contributed by atoms with E-state index in [0.717, 1.165) is 0 Å². The molecule has 0 saturated carbocycles. The molecule has 0 amide bonds. The van der Waals surface area contributed by atoms with E-state index in [9.17, 15) is 0 Å². The third kappa shape index (κ3) is 1.77. The molecule has 0 spiro atoms. The predicted molar refractivity (Wildman–Crippen MR) is 61.3 cm³/mol. The number of aryl methyl sites for hydroxylation is 1. The van der Waals surface area contributed by atoms with Gasteiger partial charge in [-0.2, -0.15) is 3.97 Å². The lowest BCUT2D eigenvalue weighted by Gasteiger charge is -1.98. The standard InChI is InChI=1S/C11H14NS.ClH/c1-9-8-12(13(2)3)11-7-5-4-6-10(9)11;/h4-8H,1-3H3;1H/q+1;/p-1. The predicted octanol–water partition coefficient (Wildman–Crippen LogP) is -0.405. The van der Waals surface area contributed by atoms with Gasteiger partial charge in [0.25, 0.3) is 0 Å². The van der Waals surface area contributed by atoms with Gasteiger partial charge in [-0.3, -0.25) is 0 Å². The van der Waals surface area contributed by atoms with E-state index >= 15 is 0 Å². The number of hydrogen-bond donors (Lipinski definition) is 0. The van der Waals surface area contributed by atoms with E-state index < -0.39 is 0 Å². The highest BCUT2D eigenvalue weighted by atomic mass is 35.5. The van der Waals surface area contributed by atoms with Crippen molar-refractivity contribution in [3.8, 4) is 0 Å². The van der Waals surface area contributed by atoms with Gasteiger partial charge in [0.2, 0.25) is 0 Å². The second kappa shape index (κ2) is 4.28. The Bertz CT molecular complexity index is 434. The monoisotopic (exact) mass is 227 g/mol. The summed E-state index contributed by atoms with van der Waals surface area (Å²) in [6.07, 6.45) is 6.73. The van der Waals surface area contributed by atoms with Gasteiger partial charge in [0.15, 0.2) is 0 Å². The SMILES string of the molecule is Cc1cn([S+](C)C)c2ccccc12.[Cl-]. The van der Waals surface area contributed by atoms with E-state index in [4.69, 9.17) is 0 Å². The van der Waals surface area contributed by atoms with Crippen LogP contribution in [-0.2, 0) is 11.1 Å². The fourth-order valence-corrected chi connectivity index (χ4v) is 2.54. The maximum atomic E-state index is 2.35. The zero-order chi connectivity index (χ0) is 9.42. The Labute approximate surface area is 94.0 Å². The van der Waals surface area contributed by atoms with Crippen molar-refractivity contribution in [1.82, 2.24) is 3.97 Å². The van der Waals surface area contributed by atoms with Crippen LogP contribution in [0.3, 0.4) is 0 Å². The average molecular weight is 228 g/mol. The number of hydrogen-bond acceptors (Lipinski definition) is 0. The topological polar surface area (TPSA) is 4.93 Å². The molecule has 0 fully saturated rings. The van der Waals surface area contributed by atoms with Gasteiger partial charge in [-0.25, -0.2) is 0 Å². The molecule has 1 aromatic heterocycles. The lowest BCUT2D eigenvalue weighted by atomic mass is 10.2. The van der Waals surface area contributed by atoms with Crippen LogP contribution < -0.4 is 12.4 Å². The zero-order valence-electron chi connectivity index (χ0n) is 8.62. The minimum Gasteiger partial charge on any atom is -1.00 e. The van der Waals surface area contributed by atoms with Crippen LogP contribution >= 0.6 is 0 Å². The molecule has 0 aliphatic rings. The number of para-hydroxylation sites is 1. The van der Waals surface area contributed by atoms with E-state index in [0.29, 0.717) is 0 Å². The van der Waals surface area contributed by atoms with Crippen molar-refractivity contribution in [2.24, 2.45) is 0 Å². The molecule has 0 aliphatic carbocycles. The summed E-state index contributed by atoms with van der Waals surface area (Å²) < 4.78 is 2.35. The van der Waals surface area contributed by atoms with E-state index in [2.05, 4.69) is 53.9 Å². The molecule has 0 aliphatic heterocycles. The molecule has 76 valence electrons. The molecule has 14 heavy (non-hydrogen) atoms. The molecular weight excluding hydrogens is 214 g/mol. The summed E-state index contributed by atoms with van der Waals surface area (Å²) in [5.41, 5.74) is 2.73. The molecule has 0 N–H and O–H groups in total. The van der Waals surface area contributed by atoms with Crippen LogP contribution in [0.2, 0.25) is 0 Å². The van der Waals surface area contributed by atoms with Crippen molar-refractivity contribution < 1.29 is 12.4 Å². The van der Waals surface area contributed by atoms with Gasteiger partial charge in [0.05, 0.1) is 22.8 Å². The van der Waals surface area contributed by atoms with Crippen molar-refractivity contribution in [3.63, 3.8) is 0 Å². The van der Waals surface area contributed by atoms with Crippen molar-refractivity contribution in [2.45, 2.75) is 6.92 Å². The Hall–Kier alpha value is -0.600. The first-order valence-electron chi connectivity index (χ1n) is 4.35. The number of rotatable bonds is 1. The molecule has 0 bridgehead atoms. The molecule has 2 aromatic rings. The fourth-order valence-electron chi connectivity index (χ4n) is 1.62. The van der Waals surface area contributed by atoms with Crippen LogP contribution in [-0.4, -0.2) is 16.5 Å². The molecule has 1 heterocycles. The Kier molecular flexibility index (Phi) is 3.51. The van der Waals surface area contributed by atoms with Gasteiger partial charge in [0, 0.05) is 5.39 Å². The molecule has 1 nitrogen and oxygen atoms in total. The summed E-state index contributed by atoms with van der Waals surface area (Å²) in [6, 6.07) is 8.58. The number of aromatic nitrogens is 1. The molecule has 0 atom stereocenters. The molecule has 3 heteroatoms. The Morgan fingerprint density at radius 2 is 1.79 bits per heavy atom. The van der Waals surface area contributed by atoms with Gasteiger partial charge in [-0.1, -0.05) is 18.2 Å². The van der Waals surface area contributed by atoms with Gasteiger partial charge in [-0.15, -0.1) is 0 Å². The minimum absolute atomic E-state index is 0. The van der Waals surface area contributed by atoms with Gasteiger partial charge < -0.3 is 12.4 Å².